The van der Waals surface area contributed by atoms with Gasteiger partial charge >= 0.3 is 0 Å². The summed E-state index contributed by atoms with van der Waals surface area (Å²) in [7, 11) is 0. The summed E-state index contributed by atoms with van der Waals surface area (Å²) in [4.78, 5) is 4.70. The van der Waals surface area contributed by atoms with Gasteiger partial charge in [0.1, 0.15) is 0 Å². The number of fused-ring (bicyclic) bond motifs is 1. The zero-order chi connectivity index (χ0) is 10.8. The minimum absolute atomic E-state index is 0. The van der Waals surface area contributed by atoms with Gasteiger partial charge in [-0.25, -0.2) is 0 Å². The lowest BCUT2D eigenvalue weighted by molar-refractivity contribution is 0.888. The molecule has 0 aliphatic heterocycles. The Bertz CT molecular complexity index is 495. The van der Waals surface area contributed by atoms with Crippen molar-refractivity contribution >= 4 is 43.8 Å². The van der Waals surface area contributed by atoms with E-state index in [1.165, 1.54) is 16.6 Å². The van der Waals surface area contributed by atoms with Crippen molar-refractivity contribution in [2.75, 3.05) is 0 Å². The van der Waals surface area contributed by atoms with Crippen LogP contribution in [-0.2, 0) is 6.42 Å². The van der Waals surface area contributed by atoms with Gasteiger partial charge in [0, 0.05) is 15.6 Å². The second-order valence-corrected chi connectivity index (χ2v) is 4.67. The second-order valence-electron chi connectivity index (χ2n) is 3.82. The summed E-state index contributed by atoms with van der Waals surface area (Å²) in [6.45, 7) is 4.29. The highest BCUT2D eigenvalue weighted by Gasteiger charge is 2.04. The van der Waals surface area contributed by atoms with E-state index in [4.69, 9.17) is 4.98 Å². The Kier molecular flexibility index (Phi) is 4.93. The van der Waals surface area contributed by atoms with Crippen LogP contribution in [0.3, 0.4) is 0 Å². The van der Waals surface area contributed by atoms with Crippen molar-refractivity contribution < 1.29 is 0 Å². The summed E-state index contributed by atoms with van der Waals surface area (Å²) in [6, 6.07) is 8.42. The molecule has 0 N–H and O–H groups in total. The molecule has 0 amide bonds. The Morgan fingerprint density at radius 3 is 2.75 bits per heavy atom. The van der Waals surface area contributed by atoms with E-state index in [1.54, 1.807) is 0 Å². The van der Waals surface area contributed by atoms with Gasteiger partial charge < -0.3 is 0 Å². The molecular formula is C13H15Br2N. The Balaban J connectivity index is 0.00000128. The van der Waals surface area contributed by atoms with Gasteiger partial charge in [0.2, 0.25) is 0 Å². The first-order valence-corrected chi connectivity index (χ1v) is 6.06. The molecule has 0 saturated heterocycles. The van der Waals surface area contributed by atoms with Crippen LogP contribution < -0.4 is 0 Å². The van der Waals surface area contributed by atoms with Crippen LogP contribution in [0.4, 0.5) is 0 Å². The van der Waals surface area contributed by atoms with E-state index < -0.39 is 0 Å². The fourth-order valence-electron chi connectivity index (χ4n) is 1.78. The summed E-state index contributed by atoms with van der Waals surface area (Å²) >= 11 is 3.61. The molecule has 0 radical (unpaired) electrons. The normalized spacial score (nSPS) is 10.2. The number of hydrogen-bond donors (Lipinski definition) is 0. The maximum Gasteiger partial charge on any atom is 0.0745 e. The van der Waals surface area contributed by atoms with E-state index in [2.05, 4.69) is 54.0 Å². The number of pyridine rings is 1. The van der Waals surface area contributed by atoms with Gasteiger partial charge in [-0.3, -0.25) is 4.98 Å². The zero-order valence-corrected chi connectivity index (χ0v) is 12.8. The molecule has 0 bridgehead atoms. The number of para-hydroxylation sites is 1. The Morgan fingerprint density at radius 1 is 1.31 bits per heavy atom. The fraction of sp³-hybridized carbons (Fsp3) is 0.308. The van der Waals surface area contributed by atoms with Gasteiger partial charge in [0.05, 0.1) is 5.52 Å². The van der Waals surface area contributed by atoms with Gasteiger partial charge in [-0.1, -0.05) is 47.5 Å². The van der Waals surface area contributed by atoms with Gasteiger partial charge in [-0.15, -0.1) is 17.0 Å². The predicted molar refractivity (Wildman–Crippen MR) is 78.5 cm³/mol. The molecule has 0 saturated carbocycles. The Morgan fingerprint density at radius 2 is 2.06 bits per heavy atom. The highest BCUT2D eigenvalue weighted by molar-refractivity contribution is 9.10. The fourth-order valence-corrected chi connectivity index (χ4v) is 2.37. The van der Waals surface area contributed by atoms with Crippen LogP contribution in [-0.4, -0.2) is 4.98 Å². The monoisotopic (exact) mass is 343 g/mol. The summed E-state index contributed by atoms with van der Waals surface area (Å²) in [5, 5.41) is 1.20. The third kappa shape index (κ3) is 2.64. The maximum absolute atomic E-state index is 4.70. The lowest BCUT2D eigenvalue weighted by Gasteiger charge is -2.06. The van der Waals surface area contributed by atoms with Crippen molar-refractivity contribution in [3.63, 3.8) is 0 Å². The molecular weight excluding hydrogens is 330 g/mol. The van der Waals surface area contributed by atoms with Crippen LogP contribution in [0, 0.1) is 6.92 Å². The topological polar surface area (TPSA) is 12.9 Å². The molecule has 3 heteroatoms. The summed E-state index contributed by atoms with van der Waals surface area (Å²) in [5.41, 5.74) is 3.53. The van der Waals surface area contributed by atoms with Crippen LogP contribution in [0.2, 0.25) is 0 Å². The molecule has 0 atom stereocenters. The van der Waals surface area contributed by atoms with Crippen LogP contribution in [0.15, 0.2) is 28.7 Å². The largest absolute Gasteiger partial charge is 0.252 e. The average molecular weight is 345 g/mol. The van der Waals surface area contributed by atoms with Crippen LogP contribution in [0.1, 0.15) is 24.6 Å². The smallest absolute Gasteiger partial charge is 0.0745 e. The highest BCUT2D eigenvalue weighted by atomic mass is 79.9. The van der Waals surface area contributed by atoms with Gasteiger partial charge in [0.25, 0.3) is 0 Å². The van der Waals surface area contributed by atoms with Crippen molar-refractivity contribution in [2.24, 2.45) is 0 Å². The number of halogens is 2. The third-order valence-corrected chi connectivity index (χ3v) is 3.21. The standard InChI is InChI=1S/C13H14BrN.BrH/c1-3-5-10-8-12(14)11-7-4-6-9(2)13(11)15-10;/h4,6-8H,3,5H2,1-2H3;1H. The number of nitrogens with zero attached hydrogens (tertiary/aromatic N) is 1. The summed E-state index contributed by atoms with van der Waals surface area (Å²) < 4.78 is 1.15. The van der Waals surface area contributed by atoms with Crippen LogP contribution in [0.5, 0.6) is 0 Å². The van der Waals surface area contributed by atoms with E-state index in [9.17, 15) is 0 Å². The van der Waals surface area contributed by atoms with Crippen molar-refractivity contribution in [1.29, 1.82) is 0 Å². The van der Waals surface area contributed by atoms with Crippen molar-refractivity contribution in [3.05, 3.63) is 40.0 Å². The molecule has 0 unspecified atom stereocenters. The van der Waals surface area contributed by atoms with Gasteiger partial charge in [0.15, 0.2) is 0 Å². The lowest BCUT2D eigenvalue weighted by atomic mass is 10.1. The number of benzene rings is 1. The summed E-state index contributed by atoms with van der Waals surface area (Å²) in [5.74, 6) is 0. The zero-order valence-electron chi connectivity index (χ0n) is 9.46. The van der Waals surface area contributed by atoms with Crippen molar-refractivity contribution in [3.8, 4) is 0 Å². The molecule has 0 aliphatic carbocycles. The molecule has 0 aliphatic rings. The number of rotatable bonds is 2. The van der Waals surface area contributed by atoms with Gasteiger partial charge in [-0.05, 0) is 25.0 Å². The minimum Gasteiger partial charge on any atom is -0.252 e. The van der Waals surface area contributed by atoms with E-state index >= 15 is 0 Å². The Hall–Kier alpha value is -0.410. The first kappa shape index (κ1) is 13.7. The number of aromatic nitrogens is 1. The molecule has 86 valence electrons. The van der Waals surface area contributed by atoms with Crippen LogP contribution in [0.25, 0.3) is 10.9 Å². The number of aryl methyl sites for hydroxylation is 2. The van der Waals surface area contributed by atoms with E-state index in [-0.39, 0.29) is 17.0 Å². The first-order chi connectivity index (χ1) is 7.22. The molecule has 2 rings (SSSR count). The molecule has 1 aromatic heterocycles. The highest BCUT2D eigenvalue weighted by Crippen LogP contribution is 2.25. The average Bonchev–Trinajstić information content (AvgIpc) is 2.20. The quantitative estimate of drug-likeness (QED) is 0.759. The van der Waals surface area contributed by atoms with E-state index in [0.29, 0.717) is 0 Å². The molecule has 16 heavy (non-hydrogen) atoms. The molecule has 1 heterocycles. The molecule has 0 fully saturated rings. The van der Waals surface area contributed by atoms with Crippen LogP contribution >= 0.6 is 32.9 Å². The molecule has 1 aromatic carbocycles. The molecule has 1 nitrogen and oxygen atoms in total. The van der Waals surface area contributed by atoms with Crippen molar-refractivity contribution in [1.82, 2.24) is 4.98 Å². The minimum atomic E-state index is 0. The third-order valence-electron chi connectivity index (χ3n) is 2.55. The maximum atomic E-state index is 4.70. The first-order valence-electron chi connectivity index (χ1n) is 5.27. The number of hydrogen-bond acceptors (Lipinski definition) is 1. The Labute approximate surface area is 115 Å². The van der Waals surface area contributed by atoms with E-state index in [1.807, 2.05) is 0 Å². The molecule has 2 aromatic rings. The van der Waals surface area contributed by atoms with Crippen molar-refractivity contribution in [2.45, 2.75) is 26.7 Å². The van der Waals surface area contributed by atoms with E-state index in [0.717, 1.165) is 22.8 Å². The second kappa shape index (κ2) is 5.78. The molecule has 0 spiro atoms. The van der Waals surface area contributed by atoms with Gasteiger partial charge in [-0.2, -0.15) is 0 Å². The summed E-state index contributed by atoms with van der Waals surface area (Å²) in [6.07, 6.45) is 2.18. The predicted octanol–water partition coefficient (Wildman–Crippen LogP) is 4.84. The lowest BCUT2D eigenvalue weighted by Crippen LogP contribution is -1.92. The SMILES string of the molecule is Br.CCCc1cc(Br)c2cccc(C)c2n1.